The fourth-order valence-corrected chi connectivity index (χ4v) is 4.77. The molecular formula is C20H21BrN2O4S. The van der Waals surface area contributed by atoms with E-state index in [9.17, 15) is 0 Å². The van der Waals surface area contributed by atoms with E-state index in [1.807, 2.05) is 42.2 Å². The minimum atomic E-state index is -0.705. The Hall–Kier alpha value is -2.19. The predicted octanol–water partition coefficient (Wildman–Crippen LogP) is 4.41. The maximum Gasteiger partial charge on any atom is 0.188 e. The van der Waals surface area contributed by atoms with Gasteiger partial charge in [-0.1, -0.05) is 15.9 Å². The number of ether oxygens (including phenoxy) is 4. The summed E-state index contributed by atoms with van der Waals surface area (Å²) < 4.78 is 24.0. The molecule has 148 valence electrons. The number of nitrogens with one attached hydrogen (secondary N) is 1. The van der Waals surface area contributed by atoms with Crippen LogP contribution in [0.3, 0.4) is 0 Å². The first-order chi connectivity index (χ1) is 13.4. The average molecular weight is 465 g/mol. The summed E-state index contributed by atoms with van der Waals surface area (Å²) in [6.45, 7) is 2.03. The zero-order chi connectivity index (χ0) is 20.1. The van der Waals surface area contributed by atoms with E-state index in [1.165, 1.54) is 0 Å². The van der Waals surface area contributed by atoms with Gasteiger partial charge in [0.15, 0.2) is 22.3 Å². The third kappa shape index (κ3) is 2.95. The van der Waals surface area contributed by atoms with E-state index in [2.05, 4.69) is 21.2 Å². The highest BCUT2D eigenvalue weighted by molar-refractivity contribution is 9.10. The van der Waals surface area contributed by atoms with Crippen molar-refractivity contribution in [2.45, 2.75) is 25.1 Å². The Labute approximate surface area is 177 Å². The molecule has 0 aromatic heterocycles. The molecule has 1 fully saturated rings. The average Bonchev–Trinajstić information content (AvgIpc) is 2.67. The summed E-state index contributed by atoms with van der Waals surface area (Å²) in [5.41, 5.74) is 1.12. The summed E-state index contributed by atoms with van der Waals surface area (Å²) in [5, 5.41) is 4.03. The van der Waals surface area contributed by atoms with Crippen LogP contribution in [0.2, 0.25) is 0 Å². The largest absolute Gasteiger partial charge is 0.497 e. The van der Waals surface area contributed by atoms with E-state index in [1.54, 1.807) is 21.3 Å². The molecule has 4 rings (SSSR count). The second-order valence-corrected chi connectivity index (χ2v) is 8.19. The van der Waals surface area contributed by atoms with Gasteiger partial charge in [-0.2, -0.15) is 0 Å². The highest BCUT2D eigenvalue weighted by Gasteiger charge is 2.50. The fourth-order valence-electron chi connectivity index (χ4n) is 3.89. The molecule has 0 amide bonds. The molecule has 0 radical (unpaired) electrons. The van der Waals surface area contributed by atoms with Gasteiger partial charge in [-0.15, -0.1) is 0 Å². The van der Waals surface area contributed by atoms with Crippen LogP contribution in [0.15, 0.2) is 34.8 Å². The number of hydrogen-bond acceptors (Lipinski definition) is 5. The lowest BCUT2D eigenvalue weighted by Crippen LogP contribution is -2.65. The van der Waals surface area contributed by atoms with Gasteiger partial charge >= 0.3 is 0 Å². The third-order valence-electron chi connectivity index (χ3n) is 5.15. The molecule has 0 aliphatic carbocycles. The van der Waals surface area contributed by atoms with Crippen molar-refractivity contribution < 1.29 is 18.9 Å². The van der Waals surface area contributed by atoms with Crippen molar-refractivity contribution in [1.82, 2.24) is 5.32 Å². The minimum absolute atomic E-state index is 0.0214. The van der Waals surface area contributed by atoms with Gasteiger partial charge in [0.05, 0.1) is 33.1 Å². The van der Waals surface area contributed by atoms with Gasteiger partial charge in [-0.3, -0.25) is 4.90 Å². The Bertz CT molecular complexity index is 954. The first-order valence-electron chi connectivity index (χ1n) is 8.79. The zero-order valence-electron chi connectivity index (χ0n) is 16.0. The molecule has 0 saturated carbocycles. The van der Waals surface area contributed by atoms with Gasteiger partial charge < -0.3 is 24.3 Å². The maximum absolute atomic E-state index is 6.53. The van der Waals surface area contributed by atoms with Crippen LogP contribution in [-0.2, 0) is 0 Å². The molecule has 6 nitrogen and oxygen atoms in total. The lowest BCUT2D eigenvalue weighted by Gasteiger charge is -2.52. The zero-order valence-corrected chi connectivity index (χ0v) is 18.4. The smallest absolute Gasteiger partial charge is 0.188 e. The number of rotatable bonds is 4. The molecule has 2 bridgehead atoms. The van der Waals surface area contributed by atoms with Crippen LogP contribution in [-0.4, -0.2) is 32.2 Å². The van der Waals surface area contributed by atoms with Crippen LogP contribution in [0.5, 0.6) is 23.0 Å². The van der Waals surface area contributed by atoms with Gasteiger partial charge in [0.25, 0.3) is 0 Å². The summed E-state index contributed by atoms with van der Waals surface area (Å²) in [6, 6.07) is 9.61. The normalized spacial score (nSPS) is 22.7. The van der Waals surface area contributed by atoms with Crippen molar-refractivity contribution in [1.29, 1.82) is 0 Å². The van der Waals surface area contributed by atoms with Gasteiger partial charge in [0.1, 0.15) is 11.5 Å². The number of methoxy groups -OCH3 is 3. The second-order valence-electron chi connectivity index (χ2n) is 6.88. The molecule has 2 aliphatic rings. The van der Waals surface area contributed by atoms with Crippen molar-refractivity contribution in [3.05, 3.63) is 40.4 Å². The van der Waals surface area contributed by atoms with E-state index in [0.717, 1.165) is 21.5 Å². The molecule has 2 atom stereocenters. The molecule has 2 aromatic rings. The lowest BCUT2D eigenvalue weighted by atomic mass is 9.90. The predicted molar refractivity (Wildman–Crippen MR) is 115 cm³/mol. The van der Waals surface area contributed by atoms with Crippen LogP contribution in [0.25, 0.3) is 0 Å². The number of thiocarbonyl (C=S) groups is 1. The number of benzene rings is 2. The third-order valence-corrected chi connectivity index (χ3v) is 5.91. The molecule has 1 N–H and O–H groups in total. The minimum Gasteiger partial charge on any atom is -0.497 e. The van der Waals surface area contributed by atoms with Crippen molar-refractivity contribution in [3.8, 4) is 23.0 Å². The number of anilines is 1. The Kier molecular flexibility index (Phi) is 4.79. The maximum atomic E-state index is 6.53. The summed E-state index contributed by atoms with van der Waals surface area (Å²) >= 11 is 9.28. The number of fused-ring (bicyclic) bond motifs is 4. The molecule has 2 aliphatic heterocycles. The Balaban J connectivity index is 1.83. The van der Waals surface area contributed by atoms with E-state index in [4.69, 9.17) is 31.2 Å². The molecule has 0 spiro atoms. The number of nitrogens with zero attached hydrogens (tertiary/aromatic N) is 1. The molecule has 2 aromatic carbocycles. The standard InChI is InChI=1S/C20H21BrN2O4S/c1-20-10-14(13-7-11(21)8-17(26-4)18(13)27-20)22-19(28)23(20)15-6-5-12(24-2)9-16(15)25-3/h5-9,14H,10H2,1-4H3,(H,22,28). The van der Waals surface area contributed by atoms with Crippen LogP contribution in [0.4, 0.5) is 5.69 Å². The van der Waals surface area contributed by atoms with Gasteiger partial charge in [0.2, 0.25) is 0 Å². The number of halogens is 1. The molecule has 1 saturated heterocycles. The van der Waals surface area contributed by atoms with Crippen molar-refractivity contribution in [2.24, 2.45) is 0 Å². The van der Waals surface area contributed by atoms with Crippen LogP contribution in [0.1, 0.15) is 24.9 Å². The van der Waals surface area contributed by atoms with E-state index in [0.29, 0.717) is 28.8 Å². The first kappa shape index (κ1) is 19.1. The molecule has 8 heteroatoms. The molecular weight excluding hydrogens is 444 g/mol. The molecule has 2 unspecified atom stereocenters. The van der Waals surface area contributed by atoms with E-state index < -0.39 is 5.72 Å². The Morgan fingerprint density at radius 3 is 2.57 bits per heavy atom. The van der Waals surface area contributed by atoms with Crippen molar-refractivity contribution in [3.63, 3.8) is 0 Å². The Morgan fingerprint density at radius 2 is 1.89 bits per heavy atom. The van der Waals surface area contributed by atoms with Crippen LogP contribution in [0, 0.1) is 0 Å². The summed E-state index contributed by atoms with van der Waals surface area (Å²) in [7, 11) is 4.89. The van der Waals surface area contributed by atoms with Crippen LogP contribution < -0.4 is 29.2 Å². The molecule has 2 heterocycles. The highest BCUT2D eigenvalue weighted by Crippen LogP contribution is 2.51. The van der Waals surface area contributed by atoms with Crippen LogP contribution >= 0.6 is 28.1 Å². The van der Waals surface area contributed by atoms with Gasteiger partial charge in [0, 0.05) is 22.5 Å². The van der Waals surface area contributed by atoms with E-state index in [-0.39, 0.29) is 6.04 Å². The summed E-state index contributed by atoms with van der Waals surface area (Å²) in [4.78, 5) is 1.96. The summed E-state index contributed by atoms with van der Waals surface area (Å²) in [6.07, 6.45) is 0.703. The van der Waals surface area contributed by atoms with Crippen molar-refractivity contribution >= 4 is 38.9 Å². The Morgan fingerprint density at radius 1 is 1.14 bits per heavy atom. The van der Waals surface area contributed by atoms with Gasteiger partial charge in [-0.05, 0) is 43.4 Å². The highest BCUT2D eigenvalue weighted by atomic mass is 79.9. The summed E-state index contributed by atoms with van der Waals surface area (Å²) in [5.74, 6) is 2.76. The monoisotopic (exact) mass is 464 g/mol. The van der Waals surface area contributed by atoms with E-state index >= 15 is 0 Å². The second kappa shape index (κ2) is 7.00. The SMILES string of the molecule is COc1ccc(N2C(=S)NC3CC2(C)Oc2c(OC)cc(Br)cc23)c(OC)c1. The lowest BCUT2D eigenvalue weighted by molar-refractivity contribution is 0.0460. The number of hydrogen-bond donors (Lipinski definition) is 1. The molecule has 28 heavy (non-hydrogen) atoms. The van der Waals surface area contributed by atoms with Gasteiger partial charge in [-0.25, -0.2) is 0 Å². The topological polar surface area (TPSA) is 52.2 Å². The fraction of sp³-hybridized carbons (Fsp3) is 0.350. The van der Waals surface area contributed by atoms with Crippen molar-refractivity contribution in [2.75, 3.05) is 26.2 Å². The first-order valence-corrected chi connectivity index (χ1v) is 9.99. The quantitative estimate of drug-likeness (QED) is 0.672.